The Hall–Kier alpha value is -6.13. The number of alkyl halides is 11. The summed E-state index contributed by atoms with van der Waals surface area (Å²) in [6, 6.07) is 27.8. The molecule has 0 bridgehead atoms. The van der Waals surface area contributed by atoms with Gasteiger partial charge < -0.3 is 15.5 Å². The minimum atomic E-state index is -5.91. The lowest BCUT2D eigenvalue weighted by Crippen LogP contribution is -2.62. The first kappa shape index (κ1) is 53.5. The van der Waals surface area contributed by atoms with Gasteiger partial charge in [0.1, 0.15) is 23.3 Å². The van der Waals surface area contributed by atoms with Gasteiger partial charge in [0, 0.05) is 17.5 Å². The Kier molecular flexibility index (Phi) is 17.3. The van der Waals surface area contributed by atoms with Crippen LogP contribution in [0.5, 0.6) is 0 Å². The zero-order valence-corrected chi connectivity index (χ0v) is 35.4. The molecule has 0 unspecified atom stereocenters. The molecule has 6 aromatic rings. The van der Waals surface area contributed by atoms with E-state index in [4.69, 9.17) is 29.8 Å². The van der Waals surface area contributed by atoms with Crippen LogP contribution in [0.1, 0.15) is 44.5 Å². The molecule has 0 aliphatic heterocycles. The predicted octanol–water partition coefficient (Wildman–Crippen LogP) is 12.6. The van der Waals surface area contributed by atoms with Crippen molar-refractivity contribution in [3.8, 4) is 0 Å². The minimum Gasteiger partial charge on any atom is -0.351 e. The second-order valence-electron chi connectivity index (χ2n) is 14.4. The highest BCUT2D eigenvalue weighted by atomic mass is 35.5. The van der Waals surface area contributed by atoms with Crippen molar-refractivity contribution in [3.05, 3.63) is 225 Å². The second-order valence-corrected chi connectivity index (χ2v) is 15.2. The average molecular weight is 992 g/mol. The van der Waals surface area contributed by atoms with Crippen molar-refractivity contribution in [1.29, 1.82) is 0 Å². The van der Waals surface area contributed by atoms with E-state index in [0.717, 1.165) is 48.5 Å². The number of aliphatic hydroxyl groups is 2. The highest BCUT2D eigenvalue weighted by Gasteiger charge is 2.60. The van der Waals surface area contributed by atoms with Crippen LogP contribution in [0.4, 0.5) is 57.1 Å². The maximum atomic E-state index is 14.4. The van der Waals surface area contributed by atoms with Gasteiger partial charge in [0.25, 0.3) is 11.4 Å². The van der Waals surface area contributed by atoms with E-state index in [2.05, 4.69) is 4.85 Å². The summed E-state index contributed by atoms with van der Waals surface area (Å²) in [7, 11) is 0. The zero-order chi connectivity index (χ0) is 50.0. The average Bonchev–Trinajstić information content (AvgIpc) is 3.25. The smallest absolute Gasteiger partial charge is 0.351 e. The summed E-state index contributed by atoms with van der Waals surface area (Å²) < 4.78 is 175. The third-order valence-corrected chi connectivity index (χ3v) is 9.92. The Balaban J connectivity index is 0.000000284. The molecular formula is C47H33Cl2F13N2O3. The summed E-state index contributed by atoms with van der Waals surface area (Å²) in [5.74, 6) is -11.3. The van der Waals surface area contributed by atoms with E-state index in [0.29, 0.717) is 23.8 Å². The van der Waals surface area contributed by atoms with E-state index < -0.39 is 87.7 Å². The summed E-state index contributed by atoms with van der Waals surface area (Å²) in [5, 5.41) is 21.0. The number of benzene rings is 6. The summed E-state index contributed by atoms with van der Waals surface area (Å²) in [5.41, 5.74) is -6.67. The molecule has 5 nitrogen and oxygen atoms in total. The van der Waals surface area contributed by atoms with E-state index >= 15 is 0 Å². The number of amides is 1. The summed E-state index contributed by atoms with van der Waals surface area (Å²) in [4.78, 5) is 16.2. The first-order chi connectivity index (χ1) is 31.2. The molecule has 2 atom stereocenters. The fraction of sp³-hybridized carbons (Fsp3) is 0.191. The normalized spacial score (nSPS) is 13.6. The monoisotopic (exact) mass is 990 g/mol. The Labute approximate surface area is 383 Å². The lowest BCUT2D eigenvalue weighted by Gasteiger charge is -2.38. The van der Waals surface area contributed by atoms with Gasteiger partial charge in [0.2, 0.25) is 0 Å². The predicted molar refractivity (Wildman–Crippen MR) is 222 cm³/mol. The van der Waals surface area contributed by atoms with Crippen LogP contribution in [-0.4, -0.2) is 33.4 Å². The molecule has 1 amide bonds. The fourth-order valence-corrected chi connectivity index (χ4v) is 6.75. The summed E-state index contributed by atoms with van der Waals surface area (Å²) in [6.45, 7) is 7.81. The number of hydrogen-bond acceptors (Lipinski definition) is 3. The number of nitrogens with zero attached hydrogens (tertiary/aromatic N) is 1. The number of nitrogens with one attached hydrogen (secondary N) is 1. The quantitative estimate of drug-likeness (QED) is 0.0554. The number of hydrogen-bond donors (Lipinski definition) is 3. The molecule has 0 heterocycles. The van der Waals surface area contributed by atoms with Gasteiger partial charge >= 0.3 is 24.3 Å². The third kappa shape index (κ3) is 13.3. The topological polar surface area (TPSA) is 73.9 Å². The molecule has 20 heteroatoms. The molecule has 0 aliphatic rings. The molecule has 0 aliphatic carbocycles. The SMILES string of the molecule is ClCCl.O=C(N[C@](Cc1ccccc1)(c1ccc(F)cc1)c1cc(F)cc(C(F)(F)F)c1)C(O)(O)C(F)(F)F.[C-]#[N+][C@](Cc1ccccc1)(c1ccc(F)cc1)c1cc(F)cc(C(F)(F)F)c1. The summed E-state index contributed by atoms with van der Waals surface area (Å²) >= 11 is 9.53. The molecule has 0 saturated carbocycles. The van der Waals surface area contributed by atoms with Crippen molar-refractivity contribution in [3.63, 3.8) is 0 Å². The summed E-state index contributed by atoms with van der Waals surface area (Å²) in [6.07, 6.45) is -16.3. The number of rotatable bonds is 10. The van der Waals surface area contributed by atoms with Crippen LogP contribution >= 0.6 is 23.2 Å². The van der Waals surface area contributed by atoms with E-state index in [9.17, 15) is 72.1 Å². The highest BCUT2D eigenvalue weighted by Crippen LogP contribution is 2.42. The van der Waals surface area contributed by atoms with Crippen molar-refractivity contribution in [1.82, 2.24) is 5.32 Å². The molecule has 0 saturated heterocycles. The van der Waals surface area contributed by atoms with Crippen LogP contribution in [0, 0.1) is 29.8 Å². The molecule has 3 N–H and O–H groups in total. The van der Waals surface area contributed by atoms with Crippen LogP contribution in [0.2, 0.25) is 0 Å². The van der Waals surface area contributed by atoms with Crippen LogP contribution in [-0.2, 0) is 41.1 Å². The molecule has 354 valence electrons. The highest BCUT2D eigenvalue weighted by molar-refractivity contribution is 6.40. The Bertz CT molecular complexity index is 2620. The molecule has 6 rings (SSSR count). The maximum Gasteiger partial charge on any atom is 0.453 e. The number of halogens is 15. The Morgan fingerprint density at radius 3 is 1.28 bits per heavy atom. The van der Waals surface area contributed by atoms with Crippen molar-refractivity contribution in [2.75, 3.05) is 5.34 Å². The van der Waals surface area contributed by atoms with Crippen molar-refractivity contribution < 1.29 is 72.1 Å². The number of carbonyl (C=O) groups is 1. The molecule has 6 aromatic carbocycles. The van der Waals surface area contributed by atoms with Crippen molar-refractivity contribution in [2.45, 2.75) is 48.2 Å². The Morgan fingerprint density at radius 1 is 0.507 bits per heavy atom. The first-order valence-electron chi connectivity index (χ1n) is 18.9. The lowest BCUT2D eigenvalue weighted by atomic mass is 9.77. The fourth-order valence-electron chi connectivity index (χ4n) is 6.75. The standard InChI is InChI=1S/C24H17F8NO3.C22H14F5N.CH2Cl2/c25-18-8-6-15(7-9-18)21(13-14-4-2-1-3-5-14,33-20(34)22(35,36)24(30,31)32)16-10-17(23(27,28)29)12-19(26)11-16;1-28-21(14-15-5-3-2-4-6-15,16-7-9-19(23)10-8-16)17-11-18(22(25,26)27)13-20(24)12-17;2-1-3/h1-12,35-36H,13H2,(H,33,34);2-13H,14H2;1H2/t2*21-;/m11./s1. The van der Waals surface area contributed by atoms with Crippen LogP contribution < -0.4 is 5.32 Å². The van der Waals surface area contributed by atoms with Gasteiger partial charge in [-0.1, -0.05) is 72.8 Å². The van der Waals surface area contributed by atoms with Gasteiger partial charge in [-0.25, -0.2) is 24.1 Å². The van der Waals surface area contributed by atoms with Gasteiger partial charge in [0.05, 0.1) is 28.4 Å². The molecular weight excluding hydrogens is 958 g/mol. The molecule has 67 heavy (non-hydrogen) atoms. The molecule has 0 spiro atoms. The molecule has 0 radical (unpaired) electrons. The van der Waals surface area contributed by atoms with E-state index in [1.807, 2.05) is 0 Å². The van der Waals surface area contributed by atoms with Gasteiger partial charge in [-0.05, 0) is 95.1 Å². The molecule has 0 aromatic heterocycles. The van der Waals surface area contributed by atoms with Gasteiger partial charge in [-0.2, -0.15) is 39.5 Å². The third-order valence-electron chi connectivity index (χ3n) is 9.92. The first-order valence-corrected chi connectivity index (χ1v) is 20.0. The largest absolute Gasteiger partial charge is 0.453 e. The van der Waals surface area contributed by atoms with Gasteiger partial charge in [-0.15, -0.1) is 23.2 Å². The van der Waals surface area contributed by atoms with Crippen molar-refractivity contribution >= 4 is 29.1 Å². The molecule has 0 fully saturated rings. The van der Waals surface area contributed by atoms with Crippen molar-refractivity contribution in [2.24, 2.45) is 0 Å². The lowest BCUT2D eigenvalue weighted by molar-refractivity contribution is -0.329. The van der Waals surface area contributed by atoms with Gasteiger partial charge in [-0.3, -0.25) is 9.64 Å². The van der Waals surface area contributed by atoms with Crippen LogP contribution in [0.3, 0.4) is 0 Å². The number of carbonyl (C=O) groups excluding carboxylic acids is 1. The minimum absolute atomic E-state index is 0.00369. The second kappa shape index (κ2) is 21.7. The zero-order valence-electron chi connectivity index (χ0n) is 33.9. The van der Waals surface area contributed by atoms with E-state index in [1.165, 1.54) is 36.4 Å². The van der Waals surface area contributed by atoms with Crippen LogP contribution in [0.25, 0.3) is 4.85 Å². The maximum absolute atomic E-state index is 14.4. The van der Waals surface area contributed by atoms with Crippen LogP contribution in [0.15, 0.2) is 146 Å². The van der Waals surface area contributed by atoms with Gasteiger partial charge in [0.15, 0.2) is 0 Å². The van der Waals surface area contributed by atoms with E-state index in [-0.39, 0.29) is 40.1 Å². The van der Waals surface area contributed by atoms with E-state index in [1.54, 1.807) is 41.7 Å². The Morgan fingerprint density at radius 2 is 0.881 bits per heavy atom.